The lowest BCUT2D eigenvalue weighted by Gasteiger charge is -2.11. The van der Waals surface area contributed by atoms with Crippen LogP contribution in [-0.4, -0.2) is 42.3 Å². The van der Waals surface area contributed by atoms with E-state index < -0.39 is 35.1 Å². The van der Waals surface area contributed by atoms with Gasteiger partial charge in [-0.3, -0.25) is 19.7 Å². The first kappa shape index (κ1) is 23.8. The van der Waals surface area contributed by atoms with E-state index in [0.717, 1.165) is 25.3 Å². The number of nitro groups is 1. The van der Waals surface area contributed by atoms with Crippen LogP contribution in [0.1, 0.15) is 36.6 Å². The third-order valence-electron chi connectivity index (χ3n) is 4.60. The molecule has 0 bridgehead atoms. The Balaban J connectivity index is 1.71. The van der Waals surface area contributed by atoms with Crippen molar-refractivity contribution in [2.75, 3.05) is 19.0 Å². The maximum Gasteiger partial charge on any atom is 0.338 e. The summed E-state index contributed by atoms with van der Waals surface area (Å²) in [6.45, 7) is -0.733. The Morgan fingerprint density at radius 2 is 1.47 bits per heavy atom. The van der Waals surface area contributed by atoms with Gasteiger partial charge in [-0.2, -0.15) is 0 Å². The van der Waals surface area contributed by atoms with E-state index in [1.54, 1.807) is 48.5 Å². The van der Waals surface area contributed by atoms with Gasteiger partial charge in [0, 0.05) is 23.3 Å². The number of benzene rings is 3. The van der Waals surface area contributed by atoms with E-state index in [4.69, 9.17) is 4.74 Å². The number of nitro benzene ring substituents is 1. The molecule has 34 heavy (non-hydrogen) atoms. The second-order valence-electron chi connectivity index (χ2n) is 6.88. The predicted molar refractivity (Wildman–Crippen MR) is 120 cm³/mol. The topological polar surface area (TPSA) is 142 Å². The summed E-state index contributed by atoms with van der Waals surface area (Å²) in [5.74, 6) is -2.98. The summed E-state index contributed by atoms with van der Waals surface area (Å²) in [7, 11) is 1.09. The second kappa shape index (κ2) is 10.6. The lowest BCUT2D eigenvalue weighted by Crippen LogP contribution is -2.22. The minimum absolute atomic E-state index is 0.221. The molecule has 10 heteroatoms. The Kier molecular flexibility index (Phi) is 7.45. The third kappa shape index (κ3) is 5.68. The van der Waals surface area contributed by atoms with Gasteiger partial charge in [0.25, 0.3) is 11.6 Å². The van der Waals surface area contributed by atoms with Gasteiger partial charge in [-0.15, -0.1) is 0 Å². The van der Waals surface area contributed by atoms with Gasteiger partial charge in [-0.25, -0.2) is 9.59 Å². The number of carbonyl (C=O) groups is 4. The summed E-state index contributed by atoms with van der Waals surface area (Å²) in [4.78, 5) is 59.6. The van der Waals surface area contributed by atoms with E-state index >= 15 is 0 Å². The van der Waals surface area contributed by atoms with Crippen LogP contribution in [0.3, 0.4) is 0 Å². The van der Waals surface area contributed by atoms with Gasteiger partial charge in [-0.1, -0.05) is 42.5 Å². The quantitative estimate of drug-likeness (QED) is 0.232. The fourth-order valence-electron chi connectivity index (χ4n) is 3.01. The van der Waals surface area contributed by atoms with Crippen molar-refractivity contribution in [3.05, 3.63) is 105 Å². The van der Waals surface area contributed by atoms with Gasteiger partial charge in [0.05, 0.1) is 28.8 Å². The van der Waals surface area contributed by atoms with Gasteiger partial charge in [-0.05, 0) is 18.2 Å². The molecule has 1 amide bonds. The highest BCUT2D eigenvalue weighted by molar-refractivity contribution is 6.14. The first-order valence-corrected chi connectivity index (χ1v) is 9.83. The van der Waals surface area contributed by atoms with Gasteiger partial charge >= 0.3 is 11.9 Å². The maximum absolute atomic E-state index is 12.8. The number of hydrogen-bond donors (Lipinski definition) is 1. The standard InChI is InChI=1S/C24H18N2O8/c1-33-23(29)16-11-17(13-18(12-16)26(31)32)24(30)34-14-21(27)25-20-10-6-5-9-19(20)22(28)15-7-3-2-4-8-15/h2-13H,14H2,1H3,(H,25,27). The van der Waals surface area contributed by atoms with E-state index in [1.165, 1.54) is 6.07 Å². The lowest BCUT2D eigenvalue weighted by molar-refractivity contribution is -0.384. The zero-order valence-electron chi connectivity index (χ0n) is 17.8. The molecule has 0 fully saturated rings. The molecule has 0 saturated heterocycles. The molecular weight excluding hydrogens is 444 g/mol. The normalized spacial score (nSPS) is 10.1. The van der Waals surface area contributed by atoms with E-state index in [9.17, 15) is 29.3 Å². The monoisotopic (exact) mass is 462 g/mol. The molecule has 0 unspecified atom stereocenters. The SMILES string of the molecule is COC(=O)c1cc(C(=O)OCC(=O)Nc2ccccc2C(=O)c2ccccc2)cc([N+](=O)[O-])c1. The number of rotatable bonds is 8. The third-order valence-corrected chi connectivity index (χ3v) is 4.60. The summed E-state index contributed by atoms with van der Waals surface area (Å²) < 4.78 is 9.47. The first-order chi connectivity index (χ1) is 16.3. The fourth-order valence-corrected chi connectivity index (χ4v) is 3.01. The molecule has 1 N–H and O–H groups in total. The molecule has 10 nitrogen and oxygen atoms in total. The lowest BCUT2D eigenvalue weighted by atomic mass is 10.0. The zero-order valence-corrected chi connectivity index (χ0v) is 17.8. The Morgan fingerprint density at radius 3 is 2.12 bits per heavy atom. The largest absolute Gasteiger partial charge is 0.465 e. The molecule has 0 radical (unpaired) electrons. The molecule has 3 aromatic rings. The molecule has 172 valence electrons. The van der Waals surface area contributed by atoms with Crippen molar-refractivity contribution in [2.24, 2.45) is 0 Å². The van der Waals surface area contributed by atoms with Crippen LogP contribution in [0.15, 0.2) is 72.8 Å². The van der Waals surface area contributed by atoms with E-state index in [1.807, 2.05) is 0 Å². The van der Waals surface area contributed by atoms with Gasteiger partial charge in [0.15, 0.2) is 12.4 Å². The summed E-state index contributed by atoms with van der Waals surface area (Å²) in [5, 5.41) is 13.6. The number of esters is 2. The minimum atomic E-state index is -1.06. The van der Waals surface area contributed by atoms with E-state index in [2.05, 4.69) is 10.1 Å². The van der Waals surface area contributed by atoms with Crippen LogP contribution in [0, 0.1) is 10.1 Å². The number of ketones is 1. The highest BCUT2D eigenvalue weighted by atomic mass is 16.6. The van der Waals surface area contributed by atoms with Crippen LogP contribution in [0.4, 0.5) is 11.4 Å². The van der Waals surface area contributed by atoms with Crippen molar-refractivity contribution in [2.45, 2.75) is 0 Å². The molecule has 0 saturated carbocycles. The summed E-state index contributed by atoms with van der Waals surface area (Å²) >= 11 is 0. The number of hydrogen-bond acceptors (Lipinski definition) is 8. The molecule has 0 spiro atoms. The Bertz CT molecular complexity index is 1270. The number of para-hydroxylation sites is 1. The molecule has 0 aromatic heterocycles. The minimum Gasteiger partial charge on any atom is -0.465 e. The highest BCUT2D eigenvalue weighted by Crippen LogP contribution is 2.21. The Morgan fingerprint density at radius 1 is 0.853 bits per heavy atom. The number of nitrogens with one attached hydrogen (secondary N) is 1. The average Bonchev–Trinajstić information content (AvgIpc) is 2.86. The predicted octanol–water partition coefficient (Wildman–Crippen LogP) is 3.41. The van der Waals surface area contributed by atoms with Crippen molar-refractivity contribution in [1.29, 1.82) is 0 Å². The van der Waals surface area contributed by atoms with Crippen LogP contribution >= 0.6 is 0 Å². The molecule has 3 aromatic carbocycles. The van der Waals surface area contributed by atoms with E-state index in [-0.39, 0.29) is 28.2 Å². The average molecular weight is 462 g/mol. The first-order valence-electron chi connectivity index (χ1n) is 9.83. The van der Waals surface area contributed by atoms with E-state index in [0.29, 0.717) is 5.56 Å². The molecule has 0 heterocycles. The van der Waals surface area contributed by atoms with Crippen LogP contribution in [0.25, 0.3) is 0 Å². The number of methoxy groups -OCH3 is 1. The van der Waals surface area contributed by atoms with Crippen LogP contribution in [0.2, 0.25) is 0 Å². The molecule has 0 aliphatic carbocycles. The van der Waals surface area contributed by atoms with Crippen molar-refractivity contribution >= 4 is 35.0 Å². The Hall–Kier alpha value is -4.86. The van der Waals surface area contributed by atoms with Gasteiger partial charge in [0.2, 0.25) is 0 Å². The smallest absolute Gasteiger partial charge is 0.338 e. The number of nitrogens with zero attached hydrogens (tertiary/aromatic N) is 1. The summed E-state index contributed by atoms with van der Waals surface area (Å²) in [6, 6.07) is 17.8. The molecule has 3 rings (SSSR count). The van der Waals surface area contributed by atoms with Crippen molar-refractivity contribution in [3.8, 4) is 0 Å². The number of amides is 1. The van der Waals surface area contributed by atoms with Crippen molar-refractivity contribution < 1.29 is 33.6 Å². The molecule has 0 aliphatic rings. The zero-order chi connectivity index (χ0) is 24.7. The molecule has 0 aliphatic heterocycles. The van der Waals surface area contributed by atoms with Crippen LogP contribution < -0.4 is 5.32 Å². The van der Waals surface area contributed by atoms with Crippen LogP contribution in [0.5, 0.6) is 0 Å². The number of anilines is 1. The number of ether oxygens (including phenoxy) is 2. The molecular formula is C24H18N2O8. The van der Waals surface area contributed by atoms with Crippen LogP contribution in [-0.2, 0) is 14.3 Å². The van der Waals surface area contributed by atoms with Crippen molar-refractivity contribution in [1.82, 2.24) is 0 Å². The van der Waals surface area contributed by atoms with Gasteiger partial charge in [0.1, 0.15) is 0 Å². The van der Waals surface area contributed by atoms with Gasteiger partial charge < -0.3 is 14.8 Å². The maximum atomic E-state index is 12.8. The van der Waals surface area contributed by atoms with Crippen molar-refractivity contribution in [3.63, 3.8) is 0 Å². The highest BCUT2D eigenvalue weighted by Gasteiger charge is 2.20. The summed E-state index contributed by atoms with van der Waals surface area (Å²) in [5.41, 5.74) is -0.144. The molecule has 0 atom stereocenters. The second-order valence-corrected chi connectivity index (χ2v) is 6.88. The fraction of sp³-hybridized carbons (Fsp3) is 0.0833. The summed E-state index contributed by atoms with van der Waals surface area (Å²) in [6.07, 6.45) is 0. The Labute approximate surface area is 193 Å². The number of non-ortho nitro benzene ring substituents is 1. The number of carbonyl (C=O) groups excluding carboxylic acids is 4.